The fourth-order valence-electron chi connectivity index (χ4n) is 2.90. The molecule has 4 atom stereocenters. The number of halogens is 1. The van der Waals surface area contributed by atoms with E-state index in [4.69, 9.17) is 19.3 Å². The van der Waals surface area contributed by atoms with Crippen LogP contribution in [0.25, 0.3) is 6.08 Å². The van der Waals surface area contributed by atoms with Crippen LogP contribution >= 0.6 is 15.9 Å². The molecule has 12 nitrogen and oxygen atoms in total. The van der Waals surface area contributed by atoms with Crippen molar-refractivity contribution >= 4 is 51.6 Å². The number of aromatic amines is 1. The number of nitrogens with one attached hydrogen (secondary N) is 1. The molecule has 2 heterocycles. The van der Waals surface area contributed by atoms with Crippen LogP contribution in [0.1, 0.15) is 26.3 Å². The Kier molecular flexibility index (Phi) is 8.05. The summed E-state index contributed by atoms with van der Waals surface area (Å²) in [5.74, 6) is -3.20. The average molecular weight is 502 g/mol. The molecule has 1 fully saturated rings. The minimum Gasteiger partial charge on any atom is -0.478 e. The number of ether oxygens (including phenoxy) is 3. The number of carbonyl (C=O) groups is 4. The van der Waals surface area contributed by atoms with Crippen molar-refractivity contribution in [3.63, 3.8) is 0 Å². The van der Waals surface area contributed by atoms with Crippen molar-refractivity contribution in [2.75, 3.05) is 11.5 Å². The van der Waals surface area contributed by atoms with E-state index < -0.39 is 52.8 Å². The SMILES string of the molecule is CC(=O)OC[C@H]1O[C@@H](N(C(C)=O)c2[nH]c(=O)ncc2C=CC(=O)O)[C@H](OC(C)=O)[C@H]1Br. The Hall–Kier alpha value is -3.06. The second-order valence-corrected chi connectivity index (χ2v) is 7.50. The highest BCUT2D eigenvalue weighted by Gasteiger charge is 2.50. The van der Waals surface area contributed by atoms with Crippen LogP contribution in [0.5, 0.6) is 0 Å². The number of H-pyrrole nitrogens is 1. The fraction of sp³-hybridized carbons (Fsp3) is 0.444. The highest BCUT2D eigenvalue weighted by atomic mass is 79.9. The van der Waals surface area contributed by atoms with E-state index in [1.165, 1.54) is 20.8 Å². The second-order valence-electron chi connectivity index (χ2n) is 6.44. The summed E-state index contributed by atoms with van der Waals surface area (Å²) in [6, 6.07) is 0. The molecule has 0 bridgehead atoms. The van der Waals surface area contributed by atoms with E-state index in [1.807, 2.05) is 0 Å². The minimum absolute atomic E-state index is 0.0944. The van der Waals surface area contributed by atoms with Gasteiger partial charge in [0, 0.05) is 38.6 Å². The van der Waals surface area contributed by atoms with Gasteiger partial charge in [-0.1, -0.05) is 15.9 Å². The first-order valence-corrected chi connectivity index (χ1v) is 9.83. The summed E-state index contributed by atoms with van der Waals surface area (Å²) in [6.45, 7) is 3.37. The van der Waals surface area contributed by atoms with Crippen molar-refractivity contribution in [3.05, 3.63) is 28.3 Å². The molecular weight excluding hydrogens is 482 g/mol. The molecule has 1 aromatic heterocycles. The van der Waals surface area contributed by atoms with Crippen molar-refractivity contribution < 1.29 is 38.5 Å². The number of amides is 1. The van der Waals surface area contributed by atoms with Crippen LogP contribution in [-0.4, -0.2) is 68.8 Å². The first kappa shape index (κ1) is 24.2. The topological polar surface area (TPSA) is 165 Å². The normalized spacial score (nSPS) is 22.8. The Balaban J connectivity index is 2.53. The summed E-state index contributed by atoms with van der Waals surface area (Å²) in [7, 11) is 0. The molecule has 1 saturated heterocycles. The largest absolute Gasteiger partial charge is 0.478 e. The number of alkyl halides is 1. The van der Waals surface area contributed by atoms with E-state index in [-0.39, 0.29) is 18.0 Å². The van der Waals surface area contributed by atoms with Crippen molar-refractivity contribution in [3.8, 4) is 0 Å². The maximum absolute atomic E-state index is 12.6. The zero-order valence-electron chi connectivity index (χ0n) is 16.7. The molecule has 13 heteroatoms. The number of carboxylic acids is 1. The van der Waals surface area contributed by atoms with Gasteiger partial charge in [-0.3, -0.25) is 24.3 Å². The molecule has 1 aliphatic rings. The van der Waals surface area contributed by atoms with Crippen LogP contribution in [0.4, 0.5) is 5.82 Å². The molecule has 0 aliphatic carbocycles. The van der Waals surface area contributed by atoms with Crippen LogP contribution in [0.15, 0.2) is 17.1 Å². The van der Waals surface area contributed by atoms with E-state index in [9.17, 15) is 24.0 Å². The number of rotatable bonds is 7. The number of carbonyl (C=O) groups excluding carboxylic acids is 3. The van der Waals surface area contributed by atoms with Gasteiger partial charge in [0.2, 0.25) is 5.91 Å². The molecule has 2 N–H and O–H groups in total. The van der Waals surface area contributed by atoms with Crippen LogP contribution in [-0.2, 0) is 33.4 Å². The lowest BCUT2D eigenvalue weighted by Crippen LogP contribution is -2.48. The van der Waals surface area contributed by atoms with E-state index in [0.717, 1.165) is 23.2 Å². The zero-order valence-corrected chi connectivity index (χ0v) is 18.3. The van der Waals surface area contributed by atoms with E-state index in [1.54, 1.807) is 0 Å². The molecule has 1 aliphatic heterocycles. The summed E-state index contributed by atoms with van der Waals surface area (Å²) in [4.78, 5) is 64.4. The third kappa shape index (κ3) is 6.21. The third-order valence-electron chi connectivity index (χ3n) is 4.08. The summed E-state index contributed by atoms with van der Waals surface area (Å²) in [5.41, 5.74) is -0.709. The highest BCUT2D eigenvalue weighted by Crippen LogP contribution is 2.35. The standard InChI is InChI=1S/C18H20BrN3O9/c1-8(23)22(16-11(4-5-13(26)27)6-20-18(28)21-16)17-15(30-10(3)25)14(19)12(31-17)7-29-9(2)24/h4-6,12,14-15,17H,7H2,1-3H3,(H,26,27)(H,20,21,28)/t12-,14+,15-,17-/m1/s1. The van der Waals surface area contributed by atoms with Gasteiger partial charge in [-0.05, 0) is 6.08 Å². The molecule has 1 aromatic rings. The van der Waals surface area contributed by atoms with E-state index in [0.29, 0.717) is 0 Å². The van der Waals surface area contributed by atoms with Gasteiger partial charge >= 0.3 is 23.6 Å². The zero-order chi connectivity index (χ0) is 23.3. The van der Waals surface area contributed by atoms with Crippen molar-refractivity contribution in [1.29, 1.82) is 0 Å². The van der Waals surface area contributed by atoms with Gasteiger partial charge in [0.05, 0.1) is 4.83 Å². The van der Waals surface area contributed by atoms with Gasteiger partial charge in [-0.25, -0.2) is 14.6 Å². The lowest BCUT2D eigenvalue weighted by atomic mass is 10.1. The maximum atomic E-state index is 12.6. The number of anilines is 1. The first-order chi connectivity index (χ1) is 14.5. The molecule has 1 amide bonds. The lowest BCUT2D eigenvalue weighted by molar-refractivity contribution is -0.150. The molecule has 2 rings (SSSR count). The predicted molar refractivity (Wildman–Crippen MR) is 108 cm³/mol. The maximum Gasteiger partial charge on any atom is 0.346 e. The van der Waals surface area contributed by atoms with Crippen molar-refractivity contribution in [2.45, 2.75) is 44.0 Å². The summed E-state index contributed by atoms with van der Waals surface area (Å²) < 4.78 is 16.2. The van der Waals surface area contributed by atoms with Gasteiger partial charge in [-0.2, -0.15) is 0 Å². The Morgan fingerprint density at radius 2 is 1.97 bits per heavy atom. The lowest BCUT2D eigenvalue weighted by Gasteiger charge is -2.31. The Labute approximate surface area is 184 Å². The highest BCUT2D eigenvalue weighted by molar-refractivity contribution is 9.09. The van der Waals surface area contributed by atoms with Gasteiger partial charge in [0.1, 0.15) is 18.5 Å². The first-order valence-electron chi connectivity index (χ1n) is 8.91. The molecule has 0 aromatic carbocycles. The van der Waals surface area contributed by atoms with E-state index in [2.05, 4.69) is 25.9 Å². The minimum atomic E-state index is -1.26. The Morgan fingerprint density at radius 3 is 2.52 bits per heavy atom. The van der Waals surface area contributed by atoms with Gasteiger partial charge in [-0.15, -0.1) is 0 Å². The smallest absolute Gasteiger partial charge is 0.346 e. The number of aromatic nitrogens is 2. The molecule has 0 spiro atoms. The van der Waals surface area contributed by atoms with Gasteiger partial charge < -0.3 is 19.3 Å². The summed E-state index contributed by atoms with van der Waals surface area (Å²) >= 11 is 3.36. The van der Waals surface area contributed by atoms with Gasteiger partial charge in [0.25, 0.3) is 0 Å². The number of hydrogen-bond donors (Lipinski definition) is 2. The molecule has 0 radical (unpaired) electrons. The Bertz CT molecular complexity index is 961. The van der Waals surface area contributed by atoms with Crippen LogP contribution in [0.3, 0.4) is 0 Å². The number of esters is 2. The number of aliphatic carboxylic acids is 1. The number of carboxylic acid groups (broad SMARTS) is 1. The van der Waals surface area contributed by atoms with Crippen LogP contribution < -0.4 is 10.6 Å². The fourth-order valence-corrected chi connectivity index (χ4v) is 3.54. The average Bonchev–Trinajstić information content (AvgIpc) is 2.94. The van der Waals surface area contributed by atoms with Crippen molar-refractivity contribution in [1.82, 2.24) is 9.97 Å². The van der Waals surface area contributed by atoms with Crippen LogP contribution in [0.2, 0.25) is 0 Å². The molecule has 0 saturated carbocycles. The van der Waals surface area contributed by atoms with Crippen molar-refractivity contribution in [2.24, 2.45) is 0 Å². The number of hydrogen-bond acceptors (Lipinski definition) is 9. The monoisotopic (exact) mass is 501 g/mol. The predicted octanol–water partition coefficient (Wildman–Crippen LogP) is 0.204. The van der Waals surface area contributed by atoms with Crippen LogP contribution in [0, 0.1) is 0 Å². The third-order valence-corrected chi connectivity index (χ3v) is 5.19. The quantitative estimate of drug-likeness (QED) is 0.299. The van der Waals surface area contributed by atoms with E-state index >= 15 is 0 Å². The molecule has 31 heavy (non-hydrogen) atoms. The molecular formula is C18H20BrN3O9. The molecule has 0 unspecified atom stereocenters. The molecule has 168 valence electrons. The summed E-state index contributed by atoms with van der Waals surface area (Å²) in [6.07, 6.45) is -0.0641. The van der Waals surface area contributed by atoms with Gasteiger partial charge in [0.15, 0.2) is 12.3 Å². The number of nitrogens with zero attached hydrogens (tertiary/aromatic N) is 2. The second kappa shape index (κ2) is 10.3. The summed E-state index contributed by atoms with van der Waals surface area (Å²) in [5, 5.41) is 8.90. The Morgan fingerprint density at radius 1 is 1.29 bits per heavy atom.